The van der Waals surface area contributed by atoms with Gasteiger partial charge in [-0.2, -0.15) is 0 Å². The number of aliphatic imine (C=N–C) groups is 1. The number of aromatic nitrogens is 2. The lowest BCUT2D eigenvalue weighted by atomic mass is 10.1. The number of carbonyl (C=O) groups excluding carboxylic acids is 1. The Morgan fingerprint density at radius 3 is 3.19 bits per heavy atom. The van der Waals surface area contributed by atoms with Crippen molar-refractivity contribution >= 4 is 23.5 Å². The van der Waals surface area contributed by atoms with E-state index in [0.717, 1.165) is 29.9 Å². The van der Waals surface area contributed by atoms with Gasteiger partial charge in [0.1, 0.15) is 11.5 Å². The van der Waals surface area contributed by atoms with Gasteiger partial charge < -0.3 is 15.0 Å². The highest BCUT2D eigenvalue weighted by atomic mass is 16.7. The van der Waals surface area contributed by atoms with Gasteiger partial charge in [0, 0.05) is 17.8 Å². The highest BCUT2D eigenvalue weighted by Gasteiger charge is 2.20. The molecule has 4 rings (SSSR count). The number of amides is 1. The van der Waals surface area contributed by atoms with Crippen LogP contribution in [-0.2, 0) is 11.4 Å². The number of hydrogen-bond donors (Lipinski definition) is 3. The third-order valence-electron chi connectivity index (χ3n) is 4.39. The van der Waals surface area contributed by atoms with Crippen LogP contribution in [0.2, 0.25) is 0 Å². The summed E-state index contributed by atoms with van der Waals surface area (Å²) in [6.45, 7) is 2.46. The van der Waals surface area contributed by atoms with E-state index in [4.69, 9.17) is 9.94 Å². The summed E-state index contributed by atoms with van der Waals surface area (Å²) in [6.07, 6.45) is 5.84. The fraction of sp³-hybridized carbons (Fsp3) is 0.278. The highest BCUT2D eigenvalue weighted by Crippen LogP contribution is 2.21. The van der Waals surface area contributed by atoms with Crippen molar-refractivity contribution in [1.29, 1.82) is 0 Å². The molecule has 8 heteroatoms. The van der Waals surface area contributed by atoms with Crippen molar-refractivity contribution in [2.24, 2.45) is 4.99 Å². The summed E-state index contributed by atoms with van der Waals surface area (Å²) in [5.74, 6) is 1.11. The summed E-state index contributed by atoms with van der Waals surface area (Å²) < 4.78 is 1.91. The number of carbonyl (C=O) groups is 1. The first-order valence-corrected chi connectivity index (χ1v) is 8.40. The number of hydroxylamine groups is 1. The molecule has 0 bridgehead atoms. The minimum absolute atomic E-state index is 0.202. The van der Waals surface area contributed by atoms with Crippen molar-refractivity contribution in [3.63, 3.8) is 0 Å². The molecule has 8 nitrogen and oxygen atoms in total. The van der Waals surface area contributed by atoms with E-state index in [1.807, 2.05) is 35.8 Å². The Morgan fingerprint density at radius 1 is 1.50 bits per heavy atom. The van der Waals surface area contributed by atoms with Gasteiger partial charge in [-0.3, -0.25) is 4.79 Å². The van der Waals surface area contributed by atoms with Gasteiger partial charge in [0.2, 0.25) is 0 Å². The van der Waals surface area contributed by atoms with Gasteiger partial charge in [-0.25, -0.2) is 20.3 Å². The molecule has 1 aromatic carbocycles. The van der Waals surface area contributed by atoms with Crippen LogP contribution in [0.3, 0.4) is 0 Å². The van der Waals surface area contributed by atoms with Crippen LogP contribution in [0.25, 0.3) is 6.08 Å². The molecule has 1 atom stereocenters. The molecular weight excluding hydrogens is 334 g/mol. The van der Waals surface area contributed by atoms with Crippen LogP contribution in [0.1, 0.15) is 33.9 Å². The lowest BCUT2D eigenvalue weighted by molar-refractivity contribution is 0.00323. The minimum atomic E-state index is -0.615. The molecule has 1 aromatic heterocycles. The first-order chi connectivity index (χ1) is 12.7. The number of fused-ring (bicyclic) bond motifs is 1. The number of rotatable bonds is 4. The van der Waals surface area contributed by atoms with Gasteiger partial charge in [-0.05, 0) is 31.1 Å². The second kappa shape index (κ2) is 6.74. The van der Waals surface area contributed by atoms with Crippen molar-refractivity contribution in [2.75, 3.05) is 11.9 Å². The summed E-state index contributed by atoms with van der Waals surface area (Å²) in [4.78, 5) is 26.4. The Bertz CT molecular complexity index is 916. The van der Waals surface area contributed by atoms with E-state index in [1.165, 1.54) is 0 Å². The van der Waals surface area contributed by atoms with Gasteiger partial charge in [-0.1, -0.05) is 18.2 Å². The SMILES string of the molecule is Cc1ccc(C2=NC(CO)ON2)cc1NC(=O)c1cnc2n1CCC=C2. The zero-order valence-electron chi connectivity index (χ0n) is 14.3. The van der Waals surface area contributed by atoms with Crippen LogP contribution < -0.4 is 10.8 Å². The molecule has 0 saturated heterocycles. The average Bonchev–Trinajstić information content (AvgIpc) is 3.30. The summed E-state index contributed by atoms with van der Waals surface area (Å²) in [7, 11) is 0. The fourth-order valence-electron chi connectivity index (χ4n) is 2.95. The van der Waals surface area contributed by atoms with Gasteiger partial charge in [0.05, 0.1) is 12.8 Å². The lowest BCUT2D eigenvalue weighted by Crippen LogP contribution is -2.21. The molecule has 134 valence electrons. The normalized spacial score (nSPS) is 18.2. The maximum Gasteiger partial charge on any atom is 0.273 e. The molecule has 1 unspecified atom stereocenters. The van der Waals surface area contributed by atoms with E-state index in [9.17, 15) is 4.79 Å². The Labute approximate surface area is 150 Å². The summed E-state index contributed by atoms with van der Waals surface area (Å²) in [5.41, 5.74) is 5.61. The first kappa shape index (κ1) is 16.5. The fourth-order valence-corrected chi connectivity index (χ4v) is 2.95. The number of amidine groups is 1. The van der Waals surface area contributed by atoms with Gasteiger partial charge in [-0.15, -0.1) is 0 Å². The molecule has 1 amide bonds. The van der Waals surface area contributed by atoms with Crippen LogP contribution in [0.5, 0.6) is 0 Å². The quantitative estimate of drug-likeness (QED) is 0.773. The van der Waals surface area contributed by atoms with Crippen LogP contribution in [0.4, 0.5) is 5.69 Å². The number of anilines is 1. The highest BCUT2D eigenvalue weighted by molar-refractivity contribution is 6.05. The largest absolute Gasteiger partial charge is 0.392 e. The van der Waals surface area contributed by atoms with Crippen LogP contribution >= 0.6 is 0 Å². The average molecular weight is 353 g/mol. The third kappa shape index (κ3) is 3.00. The molecule has 2 aromatic rings. The zero-order chi connectivity index (χ0) is 18.1. The summed E-state index contributed by atoms with van der Waals surface area (Å²) >= 11 is 0. The molecular formula is C18H19N5O3. The number of nitrogens with zero attached hydrogens (tertiary/aromatic N) is 3. The van der Waals surface area contributed by atoms with Gasteiger partial charge >= 0.3 is 0 Å². The molecule has 3 heterocycles. The van der Waals surface area contributed by atoms with Crippen molar-refractivity contribution in [3.05, 3.63) is 53.1 Å². The monoisotopic (exact) mass is 353 g/mol. The van der Waals surface area contributed by atoms with Crippen LogP contribution in [-0.4, -0.2) is 39.2 Å². The maximum atomic E-state index is 12.7. The number of imidazole rings is 1. The van der Waals surface area contributed by atoms with E-state index in [2.05, 4.69) is 26.8 Å². The first-order valence-electron chi connectivity index (χ1n) is 8.40. The summed E-state index contributed by atoms with van der Waals surface area (Å²) in [5, 5.41) is 12.1. The summed E-state index contributed by atoms with van der Waals surface area (Å²) in [6, 6.07) is 5.61. The predicted octanol–water partition coefficient (Wildman–Crippen LogP) is 1.46. The topological polar surface area (TPSA) is 101 Å². The van der Waals surface area contributed by atoms with Gasteiger partial charge in [0.25, 0.3) is 5.91 Å². The second-order valence-corrected chi connectivity index (χ2v) is 6.16. The molecule has 2 aliphatic heterocycles. The second-order valence-electron chi connectivity index (χ2n) is 6.16. The van der Waals surface area contributed by atoms with Crippen molar-refractivity contribution in [3.8, 4) is 0 Å². The predicted molar refractivity (Wildman–Crippen MR) is 96.6 cm³/mol. The number of benzene rings is 1. The number of allylic oxidation sites excluding steroid dienone is 1. The molecule has 0 aliphatic carbocycles. The third-order valence-corrected chi connectivity index (χ3v) is 4.39. The Balaban J connectivity index is 1.58. The van der Waals surface area contributed by atoms with Crippen LogP contribution in [0, 0.1) is 6.92 Å². The van der Waals surface area contributed by atoms with E-state index in [0.29, 0.717) is 17.2 Å². The number of hydrogen-bond acceptors (Lipinski definition) is 6. The Morgan fingerprint density at radius 2 is 2.38 bits per heavy atom. The Kier molecular flexibility index (Phi) is 4.27. The van der Waals surface area contributed by atoms with E-state index in [-0.39, 0.29) is 12.5 Å². The van der Waals surface area contributed by atoms with Gasteiger partial charge in [0.15, 0.2) is 12.1 Å². The molecule has 0 saturated carbocycles. The molecule has 26 heavy (non-hydrogen) atoms. The van der Waals surface area contributed by atoms with E-state index in [1.54, 1.807) is 6.20 Å². The maximum absolute atomic E-state index is 12.7. The zero-order valence-corrected chi connectivity index (χ0v) is 14.3. The standard InChI is InChI=1S/C18H19N5O3/c1-11-5-6-12(17-21-16(10-24)26-22-17)8-13(11)20-18(25)14-9-19-15-4-2-3-7-23(14)15/h2,4-6,8-9,16,24H,3,7,10H2,1H3,(H,20,25)(H,21,22). The molecule has 0 radical (unpaired) electrons. The molecule has 0 spiro atoms. The number of aryl methyl sites for hydroxylation is 1. The molecule has 0 fully saturated rings. The van der Waals surface area contributed by atoms with Crippen molar-refractivity contribution in [2.45, 2.75) is 26.1 Å². The van der Waals surface area contributed by atoms with E-state index >= 15 is 0 Å². The van der Waals surface area contributed by atoms with Crippen molar-refractivity contribution in [1.82, 2.24) is 15.0 Å². The smallest absolute Gasteiger partial charge is 0.273 e. The lowest BCUT2D eigenvalue weighted by Gasteiger charge is -2.14. The van der Waals surface area contributed by atoms with Crippen LogP contribution in [0.15, 0.2) is 35.5 Å². The number of aliphatic hydroxyl groups is 1. The minimum Gasteiger partial charge on any atom is -0.392 e. The molecule has 2 aliphatic rings. The molecule has 3 N–H and O–H groups in total. The van der Waals surface area contributed by atoms with E-state index < -0.39 is 6.23 Å². The van der Waals surface area contributed by atoms with Crippen molar-refractivity contribution < 1.29 is 14.7 Å². The number of nitrogens with one attached hydrogen (secondary N) is 2. The number of aliphatic hydroxyl groups excluding tert-OH is 1. The Hall–Kier alpha value is -2.97.